The molecule has 0 saturated heterocycles. The van der Waals surface area contributed by atoms with Crippen LogP contribution in [-0.4, -0.2) is 27.1 Å². The molecule has 0 N–H and O–H groups in total. The molecule has 2 nitrogen and oxygen atoms in total. The molecule has 0 spiro atoms. The molecule has 3 heteroatoms. The van der Waals surface area contributed by atoms with Crippen molar-refractivity contribution in [2.24, 2.45) is 0 Å². The Morgan fingerprint density at radius 1 is 1.53 bits per heavy atom. The van der Waals surface area contributed by atoms with Gasteiger partial charge in [0.1, 0.15) is 6.10 Å². The SMILES string of the molecule is C=CC1=C[C@H]([C@H](C)O[Si](C)(C)C(C)(C)C)OC1. The van der Waals surface area contributed by atoms with Crippen LogP contribution in [0, 0.1) is 0 Å². The molecule has 98 valence electrons. The lowest BCUT2D eigenvalue weighted by Crippen LogP contribution is -2.45. The molecule has 0 aromatic carbocycles. The summed E-state index contributed by atoms with van der Waals surface area (Å²) in [6.45, 7) is 17.9. The predicted octanol–water partition coefficient (Wildman–Crippen LogP) is 3.91. The van der Waals surface area contributed by atoms with Crippen molar-refractivity contribution in [3.63, 3.8) is 0 Å². The zero-order valence-corrected chi connectivity index (χ0v) is 13.0. The summed E-state index contributed by atoms with van der Waals surface area (Å²) in [6, 6.07) is 0. The van der Waals surface area contributed by atoms with E-state index in [1.165, 1.54) is 5.57 Å². The van der Waals surface area contributed by atoms with Crippen LogP contribution in [0.25, 0.3) is 0 Å². The van der Waals surface area contributed by atoms with Crippen molar-refractivity contribution in [1.82, 2.24) is 0 Å². The molecule has 1 rings (SSSR count). The van der Waals surface area contributed by atoms with Crippen LogP contribution >= 0.6 is 0 Å². The molecule has 0 bridgehead atoms. The molecule has 1 aliphatic heterocycles. The van der Waals surface area contributed by atoms with Crippen molar-refractivity contribution in [1.29, 1.82) is 0 Å². The van der Waals surface area contributed by atoms with Crippen LogP contribution in [0.1, 0.15) is 27.7 Å². The zero-order chi connectivity index (χ0) is 13.3. The van der Waals surface area contributed by atoms with Gasteiger partial charge in [-0.2, -0.15) is 0 Å². The van der Waals surface area contributed by atoms with Crippen LogP contribution < -0.4 is 0 Å². The molecule has 0 aromatic rings. The van der Waals surface area contributed by atoms with Crippen molar-refractivity contribution in [3.05, 3.63) is 24.3 Å². The summed E-state index contributed by atoms with van der Waals surface area (Å²) in [6.07, 6.45) is 4.19. The van der Waals surface area contributed by atoms with E-state index in [1.807, 2.05) is 6.08 Å². The monoisotopic (exact) mass is 254 g/mol. The molecule has 0 aliphatic carbocycles. The lowest BCUT2D eigenvalue weighted by molar-refractivity contribution is 0.0290. The average molecular weight is 254 g/mol. The van der Waals surface area contributed by atoms with Gasteiger partial charge in [-0.15, -0.1) is 0 Å². The number of rotatable bonds is 4. The van der Waals surface area contributed by atoms with Gasteiger partial charge in [-0.3, -0.25) is 0 Å². The molecule has 0 unspecified atom stereocenters. The van der Waals surface area contributed by atoms with E-state index in [0.717, 1.165) is 0 Å². The van der Waals surface area contributed by atoms with E-state index in [4.69, 9.17) is 9.16 Å². The Labute approximate surface area is 107 Å². The highest BCUT2D eigenvalue weighted by Gasteiger charge is 2.40. The van der Waals surface area contributed by atoms with Crippen LogP contribution in [-0.2, 0) is 9.16 Å². The van der Waals surface area contributed by atoms with Gasteiger partial charge in [0.2, 0.25) is 0 Å². The standard InChI is InChI=1S/C14H26O2Si/c1-8-12-9-13(15-10-12)11(2)16-17(6,7)14(3,4)5/h8-9,11,13H,1,10H2,2-7H3/t11-,13+/m0/s1. The molecule has 1 heterocycles. The summed E-state index contributed by atoms with van der Waals surface area (Å²) in [4.78, 5) is 0. The molecular formula is C14H26O2Si. The second-order valence-electron chi connectivity index (χ2n) is 6.30. The van der Waals surface area contributed by atoms with E-state index < -0.39 is 8.32 Å². The summed E-state index contributed by atoms with van der Waals surface area (Å²) in [5.41, 5.74) is 1.17. The Bertz CT molecular complexity index is 313. The van der Waals surface area contributed by atoms with Gasteiger partial charge in [0, 0.05) is 0 Å². The van der Waals surface area contributed by atoms with E-state index in [0.29, 0.717) is 6.61 Å². The molecular weight excluding hydrogens is 228 g/mol. The van der Waals surface area contributed by atoms with Gasteiger partial charge in [-0.1, -0.05) is 33.4 Å². The number of ether oxygens (including phenoxy) is 1. The molecule has 0 amide bonds. The Morgan fingerprint density at radius 3 is 2.53 bits per heavy atom. The quantitative estimate of drug-likeness (QED) is 0.708. The van der Waals surface area contributed by atoms with E-state index >= 15 is 0 Å². The first-order valence-corrected chi connectivity index (χ1v) is 9.21. The molecule has 0 radical (unpaired) electrons. The third-order valence-electron chi connectivity index (χ3n) is 3.83. The van der Waals surface area contributed by atoms with Crippen LogP contribution in [0.15, 0.2) is 24.3 Å². The van der Waals surface area contributed by atoms with Gasteiger partial charge >= 0.3 is 0 Å². The summed E-state index contributed by atoms with van der Waals surface area (Å²) in [5, 5.41) is 0.241. The minimum atomic E-state index is -1.70. The second kappa shape index (κ2) is 5.08. The van der Waals surface area contributed by atoms with E-state index in [9.17, 15) is 0 Å². The molecule has 0 fully saturated rings. The highest BCUT2D eigenvalue weighted by molar-refractivity contribution is 6.74. The maximum atomic E-state index is 6.31. The summed E-state index contributed by atoms with van der Waals surface area (Å²) < 4.78 is 12.0. The Balaban J connectivity index is 2.64. The lowest BCUT2D eigenvalue weighted by Gasteiger charge is -2.39. The van der Waals surface area contributed by atoms with Crippen molar-refractivity contribution >= 4 is 8.32 Å². The summed E-state index contributed by atoms with van der Waals surface area (Å²) >= 11 is 0. The third kappa shape index (κ3) is 3.54. The highest BCUT2D eigenvalue weighted by Crippen LogP contribution is 2.38. The minimum absolute atomic E-state index is 0.0807. The molecule has 2 atom stereocenters. The molecule has 0 saturated carbocycles. The second-order valence-corrected chi connectivity index (χ2v) is 11.1. The van der Waals surface area contributed by atoms with Gasteiger partial charge in [0.25, 0.3) is 0 Å². The van der Waals surface area contributed by atoms with Gasteiger partial charge in [0.15, 0.2) is 8.32 Å². The normalized spacial score (nSPS) is 23.4. The first-order chi connectivity index (χ1) is 7.67. The van der Waals surface area contributed by atoms with Crippen LogP contribution in [0.2, 0.25) is 18.1 Å². The smallest absolute Gasteiger partial charge is 0.192 e. The minimum Gasteiger partial charge on any atom is -0.411 e. The molecule has 17 heavy (non-hydrogen) atoms. The average Bonchev–Trinajstić information content (AvgIpc) is 2.63. The zero-order valence-electron chi connectivity index (χ0n) is 12.0. The van der Waals surface area contributed by atoms with Crippen molar-refractivity contribution in [2.75, 3.05) is 6.61 Å². The Morgan fingerprint density at radius 2 is 2.12 bits per heavy atom. The summed E-state index contributed by atoms with van der Waals surface area (Å²) in [7, 11) is -1.70. The molecule has 1 aliphatic rings. The van der Waals surface area contributed by atoms with Crippen molar-refractivity contribution < 1.29 is 9.16 Å². The van der Waals surface area contributed by atoms with Gasteiger partial charge in [0.05, 0.1) is 12.7 Å². The predicted molar refractivity (Wildman–Crippen MR) is 75.8 cm³/mol. The van der Waals surface area contributed by atoms with E-state index in [2.05, 4.69) is 53.4 Å². The fourth-order valence-corrected chi connectivity index (χ4v) is 3.02. The Kier molecular flexibility index (Phi) is 4.39. The van der Waals surface area contributed by atoms with E-state index in [1.54, 1.807) is 0 Å². The lowest BCUT2D eigenvalue weighted by atomic mass is 10.2. The van der Waals surface area contributed by atoms with E-state index in [-0.39, 0.29) is 17.2 Å². The first-order valence-electron chi connectivity index (χ1n) is 6.30. The maximum Gasteiger partial charge on any atom is 0.192 e. The molecule has 0 aromatic heterocycles. The fourth-order valence-electron chi connectivity index (χ4n) is 1.61. The largest absolute Gasteiger partial charge is 0.411 e. The topological polar surface area (TPSA) is 18.5 Å². The number of hydrogen-bond acceptors (Lipinski definition) is 2. The first kappa shape index (κ1) is 14.7. The van der Waals surface area contributed by atoms with Crippen LogP contribution in [0.4, 0.5) is 0 Å². The van der Waals surface area contributed by atoms with Gasteiger partial charge < -0.3 is 9.16 Å². The van der Waals surface area contributed by atoms with Gasteiger partial charge in [-0.05, 0) is 36.7 Å². The number of hydrogen-bond donors (Lipinski definition) is 0. The summed E-state index contributed by atoms with van der Waals surface area (Å²) in [5.74, 6) is 0. The highest BCUT2D eigenvalue weighted by atomic mass is 28.4. The van der Waals surface area contributed by atoms with Crippen molar-refractivity contribution in [3.8, 4) is 0 Å². The fraction of sp³-hybridized carbons (Fsp3) is 0.714. The Hall–Kier alpha value is -0.383. The van der Waals surface area contributed by atoms with Gasteiger partial charge in [-0.25, -0.2) is 0 Å². The van der Waals surface area contributed by atoms with Crippen molar-refractivity contribution in [2.45, 2.75) is 58.0 Å². The maximum absolute atomic E-state index is 6.31. The third-order valence-corrected chi connectivity index (χ3v) is 8.41. The van der Waals surface area contributed by atoms with Crippen LogP contribution in [0.5, 0.6) is 0 Å². The van der Waals surface area contributed by atoms with Crippen LogP contribution in [0.3, 0.4) is 0 Å².